The van der Waals surface area contributed by atoms with Crippen LogP contribution in [0.3, 0.4) is 0 Å². The number of halogens is 1. The maximum Gasteiger partial charge on any atom is 0.243 e. The molecule has 0 heterocycles. The number of benzene rings is 1. The Balaban J connectivity index is 3.26. The third-order valence-corrected chi connectivity index (χ3v) is 4.55. The first-order chi connectivity index (χ1) is 8.47. The third kappa shape index (κ3) is 2.83. The van der Waals surface area contributed by atoms with Crippen molar-refractivity contribution in [2.24, 2.45) is 0 Å². The Hall–Kier alpha value is -1.53. The number of hydrogen-bond acceptors (Lipinski definition) is 3. The largest absolute Gasteiger partial charge is 0.243 e. The van der Waals surface area contributed by atoms with E-state index in [1.165, 1.54) is 18.2 Å². The summed E-state index contributed by atoms with van der Waals surface area (Å²) in [5.74, 6) is 2.29. The Morgan fingerprint density at radius 1 is 1.50 bits per heavy atom. The van der Waals surface area contributed by atoms with Crippen molar-refractivity contribution in [1.29, 1.82) is 5.26 Å². The van der Waals surface area contributed by atoms with Crippen LogP contribution in [0.4, 0.5) is 0 Å². The van der Waals surface area contributed by atoms with Crippen LogP contribution in [0.5, 0.6) is 0 Å². The van der Waals surface area contributed by atoms with Crippen LogP contribution in [0.25, 0.3) is 0 Å². The predicted octanol–water partition coefficient (Wildman–Crippen LogP) is 1.86. The zero-order valence-electron chi connectivity index (χ0n) is 9.72. The lowest BCUT2D eigenvalue weighted by Crippen LogP contribution is -2.31. The second kappa shape index (κ2) is 5.88. The highest BCUT2D eigenvalue weighted by Gasteiger charge is 2.22. The van der Waals surface area contributed by atoms with E-state index in [1.807, 2.05) is 6.07 Å². The molecule has 0 N–H and O–H groups in total. The van der Waals surface area contributed by atoms with Gasteiger partial charge in [0.05, 0.1) is 22.0 Å². The van der Waals surface area contributed by atoms with Crippen LogP contribution in [0.2, 0.25) is 5.02 Å². The van der Waals surface area contributed by atoms with Crippen LogP contribution in [0.1, 0.15) is 12.5 Å². The molecule has 0 saturated carbocycles. The van der Waals surface area contributed by atoms with Gasteiger partial charge in [0.15, 0.2) is 0 Å². The van der Waals surface area contributed by atoms with Crippen molar-refractivity contribution in [3.8, 4) is 18.4 Å². The minimum absolute atomic E-state index is 0.00352. The molecule has 18 heavy (non-hydrogen) atoms. The number of nitrogens with zero attached hydrogens (tertiary/aromatic N) is 2. The van der Waals surface area contributed by atoms with E-state index < -0.39 is 10.0 Å². The molecule has 0 aliphatic carbocycles. The van der Waals surface area contributed by atoms with Gasteiger partial charge in [-0.15, -0.1) is 6.42 Å². The van der Waals surface area contributed by atoms with Gasteiger partial charge in [-0.2, -0.15) is 9.57 Å². The average Bonchev–Trinajstić information content (AvgIpc) is 2.35. The molecule has 0 aliphatic rings. The van der Waals surface area contributed by atoms with E-state index in [1.54, 1.807) is 6.92 Å². The summed E-state index contributed by atoms with van der Waals surface area (Å²) in [4.78, 5) is 0.0311. The molecule has 0 saturated heterocycles. The number of nitriles is 1. The van der Waals surface area contributed by atoms with Crippen LogP contribution < -0.4 is 0 Å². The monoisotopic (exact) mass is 282 g/mol. The van der Waals surface area contributed by atoms with Gasteiger partial charge in [0.25, 0.3) is 0 Å². The summed E-state index contributed by atoms with van der Waals surface area (Å²) in [6.07, 6.45) is 5.13. The second-order valence-electron chi connectivity index (χ2n) is 3.39. The van der Waals surface area contributed by atoms with Gasteiger partial charge in [0.1, 0.15) is 6.07 Å². The summed E-state index contributed by atoms with van der Waals surface area (Å²) < 4.78 is 25.5. The molecule has 6 heteroatoms. The maximum absolute atomic E-state index is 12.2. The maximum atomic E-state index is 12.2. The Labute approximate surface area is 112 Å². The number of hydrogen-bond donors (Lipinski definition) is 0. The Morgan fingerprint density at radius 2 is 2.17 bits per heavy atom. The molecule has 0 fully saturated rings. The highest BCUT2D eigenvalue weighted by atomic mass is 35.5. The smallest absolute Gasteiger partial charge is 0.207 e. The van der Waals surface area contributed by atoms with E-state index in [0.717, 1.165) is 4.31 Å². The molecule has 4 nitrogen and oxygen atoms in total. The van der Waals surface area contributed by atoms with Gasteiger partial charge in [0.2, 0.25) is 10.0 Å². The average molecular weight is 283 g/mol. The van der Waals surface area contributed by atoms with Crippen molar-refractivity contribution in [3.63, 3.8) is 0 Å². The fraction of sp³-hybridized carbons (Fsp3) is 0.250. The first-order valence-electron chi connectivity index (χ1n) is 5.10. The fourth-order valence-corrected chi connectivity index (χ4v) is 3.04. The zero-order chi connectivity index (χ0) is 13.8. The van der Waals surface area contributed by atoms with Crippen LogP contribution in [-0.2, 0) is 10.0 Å². The van der Waals surface area contributed by atoms with Crippen molar-refractivity contribution in [1.82, 2.24) is 4.31 Å². The van der Waals surface area contributed by atoms with Crippen LogP contribution in [-0.4, -0.2) is 25.8 Å². The van der Waals surface area contributed by atoms with E-state index in [-0.39, 0.29) is 28.6 Å². The SMILES string of the molecule is C#CCN(CC)S(=O)(=O)c1ccc(C#N)c(Cl)c1. The first kappa shape index (κ1) is 14.5. The first-order valence-corrected chi connectivity index (χ1v) is 6.92. The molecule has 0 radical (unpaired) electrons. The third-order valence-electron chi connectivity index (χ3n) is 2.32. The molecule has 0 aromatic heterocycles. The van der Waals surface area contributed by atoms with Crippen molar-refractivity contribution in [3.05, 3.63) is 28.8 Å². The number of rotatable bonds is 4. The Bertz CT molecular complexity index is 626. The van der Waals surface area contributed by atoms with Gasteiger partial charge in [-0.05, 0) is 18.2 Å². The van der Waals surface area contributed by atoms with Gasteiger partial charge >= 0.3 is 0 Å². The van der Waals surface area contributed by atoms with E-state index in [2.05, 4.69) is 5.92 Å². The summed E-state index contributed by atoms with van der Waals surface area (Å²) in [6, 6.07) is 5.85. The number of sulfonamides is 1. The molecule has 1 aromatic rings. The quantitative estimate of drug-likeness (QED) is 0.792. The molecule has 0 atom stereocenters. The van der Waals surface area contributed by atoms with Gasteiger partial charge in [-0.1, -0.05) is 24.4 Å². The second-order valence-corrected chi connectivity index (χ2v) is 5.73. The molecule has 94 valence electrons. The Morgan fingerprint density at radius 3 is 2.61 bits per heavy atom. The van der Waals surface area contributed by atoms with Crippen LogP contribution >= 0.6 is 11.6 Å². The summed E-state index contributed by atoms with van der Waals surface area (Å²) in [5.41, 5.74) is 0.232. The van der Waals surface area contributed by atoms with Crippen molar-refractivity contribution >= 4 is 21.6 Å². The van der Waals surface area contributed by atoms with Gasteiger partial charge < -0.3 is 0 Å². The predicted molar refractivity (Wildman–Crippen MR) is 69.4 cm³/mol. The molecule has 0 bridgehead atoms. The summed E-state index contributed by atoms with van der Waals surface area (Å²) in [5, 5.41) is 8.84. The molecule has 1 aromatic carbocycles. The fourth-order valence-electron chi connectivity index (χ4n) is 1.36. The molecule has 0 aliphatic heterocycles. The molecule has 1 rings (SSSR count). The molecule has 0 amide bonds. The van der Waals surface area contributed by atoms with Crippen molar-refractivity contribution in [2.75, 3.05) is 13.1 Å². The van der Waals surface area contributed by atoms with Crippen molar-refractivity contribution < 1.29 is 8.42 Å². The van der Waals surface area contributed by atoms with Gasteiger partial charge in [-0.3, -0.25) is 0 Å². The highest BCUT2D eigenvalue weighted by Crippen LogP contribution is 2.22. The minimum Gasteiger partial charge on any atom is -0.207 e. The zero-order valence-corrected chi connectivity index (χ0v) is 11.3. The Kier molecular flexibility index (Phi) is 4.75. The van der Waals surface area contributed by atoms with E-state index in [4.69, 9.17) is 23.3 Å². The van der Waals surface area contributed by atoms with Crippen LogP contribution in [0, 0.1) is 23.7 Å². The molecular weight excluding hydrogens is 272 g/mol. The van der Waals surface area contributed by atoms with Gasteiger partial charge in [-0.25, -0.2) is 8.42 Å². The molecule has 0 spiro atoms. The van der Waals surface area contributed by atoms with E-state index >= 15 is 0 Å². The van der Waals surface area contributed by atoms with Gasteiger partial charge in [0, 0.05) is 6.54 Å². The lowest BCUT2D eigenvalue weighted by atomic mass is 10.2. The lowest BCUT2D eigenvalue weighted by molar-refractivity contribution is 0.464. The molecular formula is C12H11ClN2O2S. The lowest BCUT2D eigenvalue weighted by Gasteiger charge is -2.17. The highest BCUT2D eigenvalue weighted by molar-refractivity contribution is 7.89. The number of terminal acetylenes is 1. The summed E-state index contributed by atoms with van der Waals surface area (Å²) in [6.45, 7) is 1.96. The van der Waals surface area contributed by atoms with E-state index in [0.29, 0.717) is 0 Å². The summed E-state index contributed by atoms with van der Waals surface area (Å²) in [7, 11) is -3.66. The molecule has 0 unspecified atom stereocenters. The summed E-state index contributed by atoms with van der Waals surface area (Å²) >= 11 is 5.81. The van der Waals surface area contributed by atoms with E-state index in [9.17, 15) is 8.42 Å². The minimum atomic E-state index is -3.66. The standard InChI is InChI=1S/C12H11ClN2O2S/c1-3-7-15(4-2)18(16,17)11-6-5-10(9-14)12(13)8-11/h1,5-6,8H,4,7H2,2H3. The van der Waals surface area contributed by atoms with Crippen LogP contribution in [0.15, 0.2) is 23.1 Å². The van der Waals surface area contributed by atoms with Crippen molar-refractivity contribution in [2.45, 2.75) is 11.8 Å². The normalized spacial score (nSPS) is 10.9. The topological polar surface area (TPSA) is 61.2 Å².